The maximum Gasteiger partial charge on any atom is 0.338 e. The molecule has 0 saturated heterocycles. The van der Waals surface area contributed by atoms with E-state index >= 15 is 0 Å². The summed E-state index contributed by atoms with van der Waals surface area (Å²) in [6.45, 7) is 5.74. The van der Waals surface area contributed by atoms with Crippen LogP contribution in [0.3, 0.4) is 0 Å². The van der Waals surface area contributed by atoms with Gasteiger partial charge in [-0.15, -0.1) is 0 Å². The van der Waals surface area contributed by atoms with Gasteiger partial charge < -0.3 is 19.0 Å². The summed E-state index contributed by atoms with van der Waals surface area (Å²) in [6.07, 6.45) is 2.94. The van der Waals surface area contributed by atoms with Gasteiger partial charge in [0, 0.05) is 17.2 Å². The average molecular weight is 587 g/mol. The molecule has 0 radical (unpaired) electrons. The molecule has 5 rings (SSSR count). The predicted molar refractivity (Wildman–Crippen MR) is 158 cm³/mol. The molecule has 1 atom stereocenters. The van der Waals surface area contributed by atoms with E-state index in [9.17, 15) is 19.5 Å². The van der Waals surface area contributed by atoms with Crippen LogP contribution in [0.4, 0.5) is 0 Å². The molecule has 1 N–H and O–H groups in total. The van der Waals surface area contributed by atoms with Crippen LogP contribution >= 0.6 is 11.3 Å². The van der Waals surface area contributed by atoms with Crippen molar-refractivity contribution in [1.82, 2.24) is 4.57 Å². The van der Waals surface area contributed by atoms with Gasteiger partial charge in [0.1, 0.15) is 23.3 Å². The molecule has 4 aromatic rings. The van der Waals surface area contributed by atoms with Crippen molar-refractivity contribution in [2.75, 3.05) is 13.7 Å². The first-order valence-electron chi connectivity index (χ1n) is 13.6. The Hall–Kier alpha value is -4.70. The zero-order valence-electron chi connectivity index (χ0n) is 23.7. The third kappa shape index (κ3) is 5.33. The maximum atomic E-state index is 14.0. The van der Waals surface area contributed by atoms with Crippen LogP contribution in [0.1, 0.15) is 60.0 Å². The second-order valence-corrected chi connectivity index (χ2v) is 10.7. The number of furan rings is 1. The van der Waals surface area contributed by atoms with Crippen LogP contribution in [0.25, 0.3) is 17.4 Å². The number of thiazole rings is 1. The Morgan fingerprint density at radius 3 is 2.62 bits per heavy atom. The van der Waals surface area contributed by atoms with Gasteiger partial charge in [0.05, 0.1) is 35.1 Å². The van der Waals surface area contributed by atoms with Crippen molar-refractivity contribution in [2.45, 2.75) is 39.7 Å². The Morgan fingerprint density at radius 1 is 1.14 bits per heavy atom. The zero-order chi connectivity index (χ0) is 30.0. The highest BCUT2D eigenvalue weighted by Gasteiger charge is 2.35. The fourth-order valence-electron chi connectivity index (χ4n) is 5.09. The van der Waals surface area contributed by atoms with E-state index in [4.69, 9.17) is 18.9 Å². The Balaban J connectivity index is 1.66. The van der Waals surface area contributed by atoms with E-state index in [0.717, 1.165) is 17.5 Å². The smallest absolute Gasteiger partial charge is 0.338 e. The number of carbonyl (C=O) groups is 2. The average Bonchev–Trinajstić information content (AvgIpc) is 3.56. The molecular weight excluding hydrogens is 556 g/mol. The Labute approximate surface area is 245 Å². The lowest BCUT2D eigenvalue weighted by Gasteiger charge is -2.26. The highest BCUT2D eigenvalue weighted by atomic mass is 32.1. The number of aromatic nitrogens is 1. The lowest BCUT2D eigenvalue weighted by molar-refractivity contribution is -0.139. The van der Waals surface area contributed by atoms with Crippen LogP contribution < -0.4 is 19.6 Å². The van der Waals surface area contributed by atoms with Crippen molar-refractivity contribution in [3.63, 3.8) is 0 Å². The number of allylic oxidation sites excluding steroid dienone is 1. The number of aromatic carboxylic acids is 1. The van der Waals surface area contributed by atoms with Crippen molar-refractivity contribution in [3.8, 4) is 17.1 Å². The molecule has 1 aliphatic rings. The number of benzene rings is 2. The summed E-state index contributed by atoms with van der Waals surface area (Å²) >= 11 is 1.21. The van der Waals surface area contributed by atoms with E-state index in [1.165, 1.54) is 22.0 Å². The third-order valence-electron chi connectivity index (χ3n) is 6.96. The van der Waals surface area contributed by atoms with Gasteiger partial charge in [-0.05, 0) is 56.2 Å². The molecule has 1 aliphatic heterocycles. The monoisotopic (exact) mass is 586 g/mol. The molecule has 2 aromatic heterocycles. The molecule has 0 spiro atoms. The van der Waals surface area contributed by atoms with Crippen LogP contribution in [-0.2, 0) is 9.53 Å². The topological polar surface area (TPSA) is 120 Å². The van der Waals surface area contributed by atoms with Crippen LogP contribution in [0, 0.1) is 6.92 Å². The SMILES string of the molecule is CCCC1=C(C(=O)OCC)[C@@H](c2ccccc2OC)n2c(s/c(=C\c3ccc(-c4ccc(C(=O)O)cc4C)o3)c2=O)=N1. The zero-order valence-corrected chi connectivity index (χ0v) is 24.5. The minimum absolute atomic E-state index is 0.185. The molecule has 0 unspecified atom stereocenters. The van der Waals surface area contributed by atoms with Gasteiger partial charge in [-0.1, -0.05) is 48.9 Å². The molecule has 0 saturated carbocycles. The lowest BCUT2D eigenvalue weighted by Crippen LogP contribution is -2.40. The highest BCUT2D eigenvalue weighted by Crippen LogP contribution is 2.37. The van der Waals surface area contributed by atoms with Gasteiger partial charge in [-0.2, -0.15) is 0 Å². The number of aryl methyl sites for hydroxylation is 1. The maximum absolute atomic E-state index is 14.0. The van der Waals surface area contributed by atoms with Crippen LogP contribution in [-0.4, -0.2) is 35.3 Å². The Morgan fingerprint density at radius 2 is 1.93 bits per heavy atom. The summed E-state index contributed by atoms with van der Waals surface area (Å²) in [7, 11) is 1.55. The van der Waals surface area contributed by atoms with Gasteiger partial charge in [0.15, 0.2) is 4.80 Å². The predicted octanol–water partition coefficient (Wildman–Crippen LogP) is 4.85. The summed E-state index contributed by atoms with van der Waals surface area (Å²) < 4.78 is 19.1. The van der Waals surface area contributed by atoms with Gasteiger partial charge in [0.2, 0.25) is 0 Å². The number of hydrogen-bond donors (Lipinski definition) is 1. The van der Waals surface area contributed by atoms with Gasteiger partial charge in [0.25, 0.3) is 5.56 Å². The summed E-state index contributed by atoms with van der Waals surface area (Å²) in [5.41, 5.74) is 2.93. The molecule has 9 nitrogen and oxygen atoms in total. The van der Waals surface area contributed by atoms with E-state index in [1.807, 2.05) is 32.0 Å². The molecule has 3 heterocycles. The molecule has 42 heavy (non-hydrogen) atoms. The van der Waals surface area contributed by atoms with E-state index in [0.29, 0.717) is 49.9 Å². The van der Waals surface area contributed by atoms with Crippen LogP contribution in [0.5, 0.6) is 5.75 Å². The number of fused-ring (bicyclic) bond motifs is 1. The number of rotatable bonds is 9. The van der Waals surface area contributed by atoms with E-state index in [2.05, 4.69) is 0 Å². The van der Waals surface area contributed by atoms with Crippen LogP contribution in [0.15, 0.2) is 80.1 Å². The summed E-state index contributed by atoms with van der Waals surface area (Å²) in [4.78, 5) is 43.9. The number of methoxy groups -OCH3 is 1. The molecule has 0 amide bonds. The normalized spacial score (nSPS) is 14.9. The standard InChI is InChI=1S/C32H30N2O7S/c1-5-9-23-27(31(38)40-6-2)28(22-10-7-8-11-24(22)39-4)34-29(35)26(42-32(34)33-23)17-20-13-15-25(41-20)21-14-12-19(30(36)37)16-18(21)3/h7-8,10-17,28H,5-6,9H2,1-4H3,(H,36,37)/b26-17-/t28-/m1/s1. The van der Waals surface area contributed by atoms with E-state index < -0.39 is 18.0 Å². The second-order valence-electron chi connectivity index (χ2n) is 9.69. The molecule has 10 heteroatoms. The fraction of sp³-hybridized carbons (Fsp3) is 0.250. The minimum Gasteiger partial charge on any atom is -0.496 e. The third-order valence-corrected chi connectivity index (χ3v) is 7.95. The molecule has 0 bridgehead atoms. The lowest BCUT2D eigenvalue weighted by atomic mass is 9.93. The number of para-hydroxylation sites is 1. The Bertz CT molecular complexity index is 1890. The fourth-order valence-corrected chi connectivity index (χ4v) is 6.08. The number of carbonyl (C=O) groups excluding carboxylic acids is 1. The van der Waals surface area contributed by atoms with Crippen molar-refractivity contribution in [3.05, 3.63) is 108 Å². The number of carboxylic acids is 1. The first-order chi connectivity index (χ1) is 20.3. The molecule has 216 valence electrons. The van der Waals surface area contributed by atoms with Crippen molar-refractivity contribution in [1.29, 1.82) is 0 Å². The van der Waals surface area contributed by atoms with Gasteiger partial charge in [-0.3, -0.25) is 9.36 Å². The van der Waals surface area contributed by atoms with Crippen molar-refractivity contribution < 1.29 is 28.6 Å². The first-order valence-corrected chi connectivity index (χ1v) is 14.4. The van der Waals surface area contributed by atoms with Gasteiger partial charge in [-0.25, -0.2) is 14.6 Å². The quantitative estimate of drug-likeness (QED) is 0.278. The molecule has 0 fully saturated rings. The highest BCUT2D eigenvalue weighted by molar-refractivity contribution is 7.07. The van der Waals surface area contributed by atoms with Gasteiger partial charge >= 0.3 is 11.9 Å². The summed E-state index contributed by atoms with van der Waals surface area (Å²) in [5, 5.41) is 9.27. The number of hydrogen-bond acceptors (Lipinski definition) is 8. The van der Waals surface area contributed by atoms with Crippen LogP contribution in [0.2, 0.25) is 0 Å². The first kappa shape index (κ1) is 28.8. The molecule has 2 aromatic carbocycles. The van der Waals surface area contributed by atoms with E-state index in [1.54, 1.807) is 50.4 Å². The number of carboxylic acid groups (broad SMARTS) is 1. The van der Waals surface area contributed by atoms with E-state index in [-0.39, 0.29) is 17.7 Å². The minimum atomic E-state index is -1.00. The molecular formula is C32H30N2O7S. The second kappa shape index (κ2) is 12.0. The Kier molecular flexibility index (Phi) is 8.26. The van der Waals surface area contributed by atoms with Crippen molar-refractivity contribution in [2.24, 2.45) is 4.99 Å². The van der Waals surface area contributed by atoms with Crippen molar-refractivity contribution >= 4 is 29.4 Å². The largest absolute Gasteiger partial charge is 0.496 e. The summed E-state index contributed by atoms with van der Waals surface area (Å²) in [5.74, 6) is 0.0145. The molecule has 0 aliphatic carbocycles. The number of nitrogens with zero attached hydrogens (tertiary/aromatic N) is 2. The summed E-state index contributed by atoms with van der Waals surface area (Å²) in [6, 6.07) is 14.9. The number of esters is 1. The number of ether oxygens (including phenoxy) is 2.